The van der Waals surface area contributed by atoms with E-state index in [1.54, 1.807) is 17.8 Å². The molecule has 0 aliphatic heterocycles. The van der Waals surface area contributed by atoms with Crippen LogP contribution in [0.2, 0.25) is 5.15 Å². The number of aryl methyl sites for hydroxylation is 3. The number of para-hydroxylation sites is 1. The third kappa shape index (κ3) is 6.19. The Hall–Kier alpha value is -2.60. The average Bonchev–Trinajstić information content (AvgIpc) is 2.97. The average molecular weight is 417 g/mol. The summed E-state index contributed by atoms with van der Waals surface area (Å²) >= 11 is 6.39. The van der Waals surface area contributed by atoms with Gasteiger partial charge in [0, 0.05) is 30.9 Å². The van der Waals surface area contributed by atoms with E-state index in [1.807, 2.05) is 38.1 Å². The van der Waals surface area contributed by atoms with E-state index in [0.717, 1.165) is 48.3 Å². The highest BCUT2D eigenvalue weighted by atomic mass is 35.5. The molecule has 0 aliphatic rings. The minimum Gasteiger partial charge on any atom is -0.333 e. The maximum atomic E-state index is 12.4. The zero-order valence-electron chi connectivity index (χ0n) is 17.5. The first kappa shape index (κ1) is 22.7. The summed E-state index contributed by atoms with van der Waals surface area (Å²) in [7, 11) is 1.59. The van der Waals surface area contributed by atoms with Crippen molar-refractivity contribution in [2.45, 2.75) is 46.6 Å². The molecule has 7 heteroatoms. The van der Waals surface area contributed by atoms with Gasteiger partial charge in [-0.1, -0.05) is 50.1 Å². The van der Waals surface area contributed by atoms with E-state index in [1.165, 1.54) is 11.0 Å². The van der Waals surface area contributed by atoms with E-state index in [-0.39, 0.29) is 18.4 Å². The molecule has 1 heterocycles. The van der Waals surface area contributed by atoms with Gasteiger partial charge in [0.1, 0.15) is 5.15 Å². The van der Waals surface area contributed by atoms with Gasteiger partial charge in [0.15, 0.2) is 0 Å². The fourth-order valence-corrected chi connectivity index (χ4v) is 3.25. The summed E-state index contributed by atoms with van der Waals surface area (Å²) in [5.74, 6) is -0.516. The smallest absolute Gasteiger partial charge is 0.246 e. The highest BCUT2D eigenvalue weighted by molar-refractivity contribution is 6.31. The van der Waals surface area contributed by atoms with Crippen LogP contribution in [0.5, 0.6) is 0 Å². The number of unbranched alkanes of at least 4 members (excludes halogenated alkanes) is 1. The molecule has 0 fully saturated rings. The van der Waals surface area contributed by atoms with Crippen LogP contribution in [0.4, 0.5) is 5.69 Å². The number of carbonyl (C=O) groups is 2. The summed E-state index contributed by atoms with van der Waals surface area (Å²) in [6.45, 7) is 6.71. The number of likely N-dealkylation sites (N-methyl/N-ethyl adjacent to an activating group) is 1. The van der Waals surface area contributed by atoms with Gasteiger partial charge in [-0.15, -0.1) is 0 Å². The first-order chi connectivity index (χ1) is 13.9. The highest BCUT2D eigenvalue weighted by Gasteiger charge is 2.14. The van der Waals surface area contributed by atoms with Gasteiger partial charge >= 0.3 is 0 Å². The molecule has 0 aliphatic carbocycles. The number of carbonyl (C=O) groups excluding carboxylic acids is 2. The van der Waals surface area contributed by atoms with Gasteiger partial charge in [0.2, 0.25) is 11.8 Å². The summed E-state index contributed by atoms with van der Waals surface area (Å²) in [5.41, 5.74) is 3.33. The van der Waals surface area contributed by atoms with Crippen LogP contribution in [0.1, 0.15) is 43.5 Å². The summed E-state index contributed by atoms with van der Waals surface area (Å²) in [4.78, 5) is 26.1. The SMILES string of the molecule is CCCCn1nc(C)c(/C=C/C(=O)N(C)CC(=O)Nc2ccccc2CC)c1Cl. The van der Waals surface area contributed by atoms with Crippen LogP contribution in [-0.4, -0.2) is 40.1 Å². The van der Waals surface area contributed by atoms with Gasteiger partial charge in [-0.3, -0.25) is 14.3 Å². The lowest BCUT2D eigenvalue weighted by Crippen LogP contribution is -2.34. The first-order valence-electron chi connectivity index (χ1n) is 9.91. The lowest BCUT2D eigenvalue weighted by molar-refractivity contribution is -0.129. The Morgan fingerprint density at radius 1 is 1.28 bits per heavy atom. The predicted octanol–water partition coefficient (Wildman–Crippen LogP) is 4.32. The highest BCUT2D eigenvalue weighted by Crippen LogP contribution is 2.22. The summed E-state index contributed by atoms with van der Waals surface area (Å²) in [6, 6.07) is 7.64. The van der Waals surface area contributed by atoms with Crippen molar-refractivity contribution in [3.8, 4) is 0 Å². The molecule has 0 radical (unpaired) electrons. The number of anilines is 1. The molecule has 29 heavy (non-hydrogen) atoms. The minimum atomic E-state index is -0.277. The van der Waals surface area contributed by atoms with Crippen LogP contribution in [-0.2, 0) is 22.6 Å². The number of aromatic nitrogens is 2. The van der Waals surface area contributed by atoms with Crippen LogP contribution in [0.15, 0.2) is 30.3 Å². The molecule has 1 aromatic carbocycles. The van der Waals surface area contributed by atoms with Crippen molar-refractivity contribution in [2.24, 2.45) is 0 Å². The zero-order valence-corrected chi connectivity index (χ0v) is 18.3. The van der Waals surface area contributed by atoms with E-state index in [4.69, 9.17) is 11.6 Å². The Balaban J connectivity index is 1.98. The maximum Gasteiger partial charge on any atom is 0.246 e. The summed E-state index contributed by atoms with van der Waals surface area (Å²) in [5, 5.41) is 7.82. The molecule has 1 aromatic heterocycles. The number of rotatable bonds is 9. The Labute approximate surface area is 177 Å². The normalized spacial score (nSPS) is 11.1. The second kappa shape index (κ2) is 10.8. The van der Waals surface area contributed by atoms with Gasteiger partial charge in [0.25, 0.3) is 0 Å². The van der Waals surface area contributed by atoms with Crippen LogP contribution < -0.4 is 5.32 Å². The largest absolute Gasteiger partial charge is 0.333 e. The summed E-state index contributed by atoms with van der Waals surface area (Å²) in [6.07, 6.45) is 5.94. The number of hydrogen-bond donors (Lipinski definition) is 1. The van der Waals surface area contributed by atoms with Gasteiger partial charge in [-0.2, -0.15) is 5.10 Å². The Morgan fingerprint density at radius 3 is 2.69 bits per heavy atom. The molecule has 2 amide bonds. The number of nitrogens with one attached hydrogen (secondary N) is 1. The van der Waals surface area contributed by atoms with Crippen molar-refractivity contribution < 1.29 is 9.59 Å². The topological polar surface area (TPSA) is 67.2 Å². The molecule has 0 atom stereocenters. The van der Waals surface area contributed by atoms with E-state index >= 15 is 0 Å². The third-order valence-corrected chi connectivity index (χ3v) is 5.05. The lowest BCUT2D eigenvalue weighted by atomic mass is 10.1. The number of hydrogen-bond acceptors (Lipinski definition) is 3. The Morgan fingerprint density at radius 2 is 2.00 bits per heavy atom. The molecular formula is C22H29ClN4O2. The monoisotopic (exact) mass is 416 g/mol. The molecular weight excluding hydrogens is 388 g/mol. The van der Waals surface area contributed by atoms with Crippen molar-refractivity contribution in [3.05, 3.63) is 52.3 Å². The van der Waals surface area contributed by atoms with Crippen LogP contribution in [0, 0.1) is 6.92 Å². The molecule has 0 saturated heterocycles. The van der Waals surface area contributed by atoms with E-state index < -0.39 is 0 Å². The Bertz CT molecular complexity index is 889. The zero-order chi connectivity index (χ0) is 21.4. The fourth-order valence-electron chi connectivity index (χ4n) is 2.93. The van der Waals surface area contributed by atoms with Crippen LogP contribution >= 0.6 is 11.6 Å². The van der Waals surface area contributed by atoms with Gasteiger partial charge in [-0.05, 0) is 37.5 Å². The van der Waals surface area contributed by atoms with Crippen molar-refractivity contribution in [1.29, 1.82) is 0 Å². The van der Waals surface area contributed by atoms with E-state index in [2.05, 4.69) is 17.3 Å². The van der Waals surface area contributed by atoms with Crippen molar-refractivity contribution in [1.82, 2.24) is 14.7 Å². The van der Waals surface area contributed by atoms with Crippen LogP contribution in [0.3, 0.4) is 0 Å². The fraction of sp³-hybridized carbons (Fsp3) is 0.409. The maximum absolute atomic E-state index is 12.4. The number of benzene rings is 1. The molecule has 2 rings (SSSR count). The first-order valence-corrected chi connectivity index (χ1v) is 10.3. The quantitative estimate of drug-likeness (QED) is 0.619. The number of nitrogens with zero attached hydrogens (tertiary/aromatic N) is 3. The minimum absolute atomic E-state index is 0.0380. The van der Waals surface area contributed by atoms with Crippen molar-refractivity contribution in [2.75, 3.05) is 18.9 Å². The second-order valence-electron chi connectivity index (χ2n) is 6.95. The molecule has 6 nitrogen and oxygen atoms in total. The summed E-state index contributed by atoms with van der Waals surface area (Å²) < 4.78 is 1.76. The number of amides is 2. The molecule has 156 valence electrons. The van der Waals surface area contributed by atoms with E-state index in [9.17, 15) is 9.59 Å². The molecule has 1 N–H and O–H groups in total. The van der Waals surface area contributed by atoms with Gasteiger partial charge in [0.05, 0.1) is 12.2 Å². The van der Waals surface area contributed by atoms with Gasteiger partial charge in [-0.25, -0.2) is 0 Å². The third-order valence-electron chi connectivity index (χ3n) is 4.65. The second-order valence-corrected chi connectivity index (χ2v) is 7.31. The van der Waals surface area contributed by atoms with E-state index in [0.29, 0.717) is 5.15 Å². The lowest BCUT2D eigenvalue weighted by Gasteiger charge is -2.16. The molecule has 0 bridgehead atoms. The van der Waals surface area contributed by atoms with Crippen molar-refractivity contribution >= 4 is 35.2 Å². The predicted molar refractivity (Wildman–Crippen MR) is 118 cm³/mol. The molecule has 0 unspecified atom stereocenters. The molecule has 2 aromatic rings. The molecule has 0 saturated carbocycles. The van der Waals surface area contributed by atoms with Crippen molar-refractivity contribution in [3.63, 3.8) is 0 Å². The standard InChI is InChI=1S/C22H29ClN4O2/c1-5-7-14-27-22(23)18(16(3)25-27)12-13-21(29)26(4)15-20(28)24-19-11-9-8-10-17(19)6-2/h8-13H,5-7,14-15H2,1-4H3,(H,24,28)/b13-12+. The van der Waals surface area contributed by atoms with Gasteiger partial charge < -0.3 is 10.2 Å². The number of halogens is 1. The Kier molecular flexibility index (Phi) is 8.46. The molecule has 0 spiro atoms. The van der Waals surface area contributed by atoms with Crippen LogP contribution in [0.25, 0.3) is 6.08 Å².